The summed E-state index contributed by atoms with van der Waals surface area (Å²) in [5.74, 6) is 0. The lowest BCUT2D eigenvalue weighted by Gasteiger charge is -2.12. The first kappa shape index (κ1) is 25.5. The molecular formula is C44H30N2. The van der Waals surface area contributed by atoms with Gasteiger partial charge < -0.3 is 9.13 Å². The molecule has 10 aromatic rings. The molecular weight excluding hydrogens is 556 g/mol. The lowest BCUT2D eigenvalue weighted by atomic mass is 9.95. The molecule has 0 saturated carbocycles. The molecule has 10 rings (SSSR count). The Morgan fingerprint density at radius 1 is 0.304 bits per heavy atom. The van der Waals surface area contributed by atoms with E-state index in [0.717, 1.165) is 0 Å². The average molecular weight is 587 g/mol. The van der Waals surface area contributed by atoms with Crippen LogP contribution in [-0.2, 0) is 14.1 Å². The van der Waals surface area contributed by atoms with E-state index in [9.17, 15) is 0 Å². The van der Waals surface area contributed by atoms with Crippen molar-refractivity contribution in [3.8, 4) is 22.5 Å². The minimum absolute atomic E-state index is 1.24. The third-order valence-electron chi connectivity index (χ3n) is 10.3. The number of fused-ring (bicyclic) bond motifs is 11. The minimum atomic E-state index is 1.24. The molecule has 2 heteroatoms. The number of benzene rings is 8. The predicted molar refractivity (Wildman–Crippen MR) is 198 cm³/mol. The van der Waals surface area contributed by atoms with Gasteiger partial charge in [-0.2, -0.15) is 0 Å². The van der Waals surface area contributed by atoms with E-state index in [4.69, 9.17) is 0 Å². The van der Waals surface area contributed by atoms with Crippen LogP contribution in [0.4, 0.5) is 0 Å². The summed E-state index contributed by atoms with van der Waals surface area (Å²) in [5, 5.41) is 15.4. The van der Waals surface area contributed by atoms with Crippen LogP contribution in [0.5, 0.6) is 0 Å². The summed E-state index contributed by atoms with van der Waals surface area (Å²) in [7, 11) is 4.41. The van der Waals surface area contributed by atoms with E-state index in [1.54, 1.807) is 0 Å². The first-order valence-corrected chi connectivity index (χ1v) is 16.0. The molecule has 2 heterocycles. The third kappa shape index (κ3) is 3.53. The molecule has 216 valence electrons. The van der Waals surface area contributed by atoms with Gasteiger partial charge in [-0.05, 0) is 78.5 Å². The van der Waals surface area contributed by atoms with Gasteiger partial charge in [0.05, 0.1) is 11.0 Å². The Morgan fingerprint density at radius 3 is 1.11 bits per heavy atom. The molecule has 8 aromatic carbocycles. The highest BCUT2D eigenvalue weighted by molar-refractivity contribution is 6.25. The molecule has 0 atom stereocenters. The minimum Gasteiger partial charge on any atom is -0.343 e. The van der Waals surface area contributed by atoms with Gasteiger partial charge in [-0.1, -0.05) is 121 Å². The van der Waals surface area contributed by atoms with Crippen molar-refractivity contribution in [3.63, 3.8) is 0 Å². The van der Waals surface area contributed by atoms with E-state index in [2.05, 4.69) is 169 Å². The Bertz CT molecular complexity index is 2680. The molecule has 2 aromatic heterocycles. The van der Waals surface area contributed by atoms with Crippen molar-refractivity contribution >= 4 is 75.7 Å². The molecule has 0 aliphatic carbocycles. The standard InChI is InChI=1S/C44H30N2/c1-45-41(31-13-11-27-7-3-5-9-29(27)23-31)25-33-15-17-37-35-20-22-40-38(36(35)19-21-39(37)43(33)45)18-16-34-26-42(46(2)44(34)40)32-14-12-28-8-4-6-10-30(28)24-32/h3-26H,1-2H3. The maximum Gasteiger partial charge on any atom is 0.0562 e. The van der Waals surface area contributed by atoms with Gasteiger partial charge in [0.25, 0.3) is 0 Å². The normalized spacial score (nSPS) is 12.1. The quantitative estimate of drug-likeness (QED) is 0.178. The number of aromatic nitrogens is 2. The smallest absolute Gasteiger partial charge is 0.0562 e. The summed E-state index contributed by atoms with van der Waals surface area (Å²) in [5.41, 5.74) is 7.51. The zero-order chi connectivity index (χ0) is 30.5. The maximum absolute atomic E-state index is 2.37. The largest absolute Gasteiger partial charge is 0.343 e. The second-order valence-corrected chi connectivity index (χ2v) is 12.7. The fourth-order valence-corrected chi connectivity index (χ4v) is 8.00. The van der Waals surface area contributed by atoms with Gasteiger partial charge in [-0.3, -0.25) is 0 Å². The Morgan fingerprint density at radius 2 is 0.652 bits per heavy atom. The summed E-state index contributed by atoms with van der Waals surface area (Å²) < 4.78 is 4.74. The predicted octanol–water partition coefficient (Wildman–Crippen LogP) is 11.8. The highest BCUT2D eigenvalue weighted by atomic mass is 15.0. The van der Waals surface area contributed by atoms with E-state index in [0.29, 0.717) is 0 Å². The van der Waals surface area contributed by atoms with Crippen LogP contribution < -0.4 is 0 Å². The van der Waals surface area contributed by atoms with Crippen LogP contribution in [0, 0.1) is 0 Å². The van der Waals surface area contributed by atoms with Crippen molar-refractivity contribution in [2.75, 3.05) is 0 Å². The van der Waals surface area contributed by atoms with Crippen LogP contribution in [0.25, 0.3) is 98.2 Å². The number of hydrogen-bond acceptors (Lipinski definition) is 0. The van der Waals surface area contributed by atoms with Gasteiger partial charge in [-0.15, -0.1) is 0 Å². The Labute approximate surface area is 266 Å². The van der Waals surface area contributed by atoms with Gasteiger partial charge in [0, 0.05) is 47.0 Å². The van der Waals surface area contributed by atoms with Gasteiger partial charge >= 0.3 is 0 Å². The van der Waals surface area contributed by atoms with Crippen LogP contribution in [0.15, 0.2) is 146 Å². The molecule has 0 radical (unpaired) electrons. The van der Waals surface area contributed by atoms with Crippen molar-refractivity contribution in [1.29, 1.82) is 0 Å². The second kappa shape index (κ2) is 9.32. The van der Waals surface area contributed by atoms with Gasteiger partial charge in [-0.25, -0.2) is 0 Å². The van der Waals surface area contributed by atoms with E-state index in [-0.39, 0.29) is 0 Å². The Kier molecular flexibility index (Phi) is 5.16. The van der Waals surface area contributed by atoms with E-state index >= 15 is 0 Å². The molecule has 0 amide bonds. The maximum atomic E-state index is 2.37. The lowest BCUT2D eigenvalue weighted by Crippen LogP contribution is -1.93. The highest BCUT2D eigenvalue weighted by Crippen LogP contribution is 2.40. The molecule has 0 spiro atoms. The molecule has 0 aliphatic rings. The monoisotopic (exact) mass is 586 g/mol. The van der Waals surface area contributed by atoms with Crippen LogP contribution in [0.2, 0.25) is 0 Å². The van der Waals surface area contributed by atoms with Gasteiger partial charge in [0.2, 0.25) is 0 Å². The van der Waals surface area contributed by atoms with E-state index in [1.165, 1.54) is 98.2 Å². The SMILES string of the molecule is Cn1c(-c2ccc3ccccc3c2)cc2ccc3c4ccc5c(ccc6cc(-c7ccc8ccccc8c7)n(C)c65)c4ccc3c21. The third-order valence-corrected chi connectivity index (χ3v) is 10.3. The van der Waals surface area contributed by atoms with E-state index < -0.39 is 0 Å². The molecule has 0 unspecified atom stereocenters. The van der Waals surface area contributed by atoms with Gasteiger partial charge in [0.15, 0.2) is 0 Å². The lowest BCUT2D eigenvalue weighted by molar-refractivity contribution is 0.982. The molecule has 2 nitrogen and oxygen atoms in total. The van der Waals surface area contributed by atoms with Crippen molar-refractivity contribution < 1.29 is 0 Å². The summed E-state index contributed by atoms with van der Waals surface area (Å²) in [6, 6.07) is 54.0. The number of hydrogen-bond donors (Lipinski definition) is 0. The molecule has 0 bridgehead atoms. The van der Waals surface area contributed by atoms with Gasteiger partial charge in [0.1, 0.15) is 0 Å². The molecule has 46 heavy (non-hydrogen) atoms. The average Bonchev–Trinajstić information content (AvgIpc) is 3.63. The summed E-state index contributed by atoms with van der Waals surface area (Å²) in [6.45, 7) is 0. The molecule has 0 aliphatic heterocycles. The Hall–Kier alpha value is -5.86. The van der Waals surface area contributed by atoms with Crippen LogP contribution >= 0.6 is 0 Å². The summed E-state index contributed by atoms with van der Waals surface area (Å²) in [4.78, 5) is 0. The van der Waals surface area contributed by atoms with Crippen LogP contribution in [0.1, 0.15) is 0 Å². The van der Waals surface area contributed by atoms with Crippen molar-refractivity contribution in [2.45, 2.75) is 0 Å². The summed E-state index contributed by atoms with van der Waals surface area (Å²) in [6.07, 6.45) is 0. The molecule has 0 N–H and O–H groups in total. The zero-order valence-electron chi connectivity index (χ0n) is 25.8. The number of rotatable bonds is 2. The fourth-order valence-electron chi connectivity index (χ4n) is 8.00. The first-order chi connectivity index (χ1) is 22.6. The fraction of sp³-hybridized carbons (Fsp3) is 0.0455. The number of aryl methyl sites for hydroxylation is 2. The molecule has 0 fully saturated rings. The van der Waals surface area contributed by atoms with E-state index in [1.807, 2.05) is 0 Å². The van der Waals surface area contributed by atoms with Crippen LogP contribution in [0.3, 0.4) is 0 Å². The van der Waals surface area contributed by atoms with Crippen molar-refractivity contribution in [3.05, 3.63) is 146 Å². The Balaban J connectivity index is 1.16. The van der Waals surface area contributed by atoms with Crippen molar-refractivity contribution in [2.24, 2.45) is 14.1 Å². The zero-order valence-corrected chi connectivity index (χ0v) is 25.8. The van der Waals surface area contributed by atoms with Crippen molar-refractivity contribution in [1.82, 2.24) is 9.13 Å². The first-order valence-electron chi connectivity index (χ1n) is 16.0. The second-order valence-electron chi connectivity index (χ2n) is 12.7. The number of nitrogens with zero attached hydrogens (tertiary/aromatic N) is 2. The highest BCUT2D eigenvalue weighted by Gasteiger charge is 2.16. The molecule has 0 saturated heterocycles. The van der Waals surface area contributed by atoms with Crippen LogP contribution in [-0.4, -0.2) is 9.13 Å². The summed E-state index contributed by atoms with van der Waals surface area (Å²) >= 11 is 0. The topological polar surface area (TPSA) is 9.86 Å².